The molecule has 0 aliphatic carbocycles. The fourth-order valence-electron chi connectivity index (χ4n) is 2.50. The molecule has 1 amide bonds. The fraction of sp³-hybridized carbons (Fsp3) is 0.167. The maximum Gasteiger partial charge on any atom is 0.249 e. The van der Waals surface area contributed by atoms with E-state index >= 15 is 0 Å². The molecule has 0 atom stereocenters. The second-order valence-corrected chi connectivity index (χ2v) is 5.78. The van der Waals surface area contributed by atoms with Crippen molar-refractivity contribution in [3.05, 3.63) is 70.6 Å². The highest BCUT2D eigenvalue weighted by molar-refractivity contribution is 6.34. The summed E-state index contributed by atoms with van der Waals surface area (Å²) < 4.78 is 5.27. The topological polar surface area (TPSA) is 82.0 Å². The number of rotatable bonds is 6. The van der Waals surface area contributed by atoms with Crippen LogP contribution in [0.1, 0.15) is 28.2 Å². The lowest BCUT2D eigenvalue weighted by Gasteiger charge is -2.04. The van der Waals surface area contributed by atoms with Crippen molar-refractivity contribution in [2.24, 2.45) is 5.73 Å². The molecule has 0 bridgehead atoms. The predicted molar refractivity (Wildman–Crippen MR) is 91.7 cm³/mol. The minimum Gasteiger partial charge on any atom is -0.366 e. The standard InChI is InChI=1S/C18H16ClN3O2/c19-14-10-5-9-13(17(20)23)16(14)18-21-15(24-22-18)11-4-8-12-6-2-1-3-7-12/h1-3,5-7,9-10H,4,8,11H2,(H2,20,23). The summed E-state index contributed by atoms with van der Waals surface area (Å²) in [4.78, 5) is 15.9. The molecule has 3 aromatic rings. The molecule has 0 saturated carbocycles. The monoisotopic (exact) mass is 341 g/mol. The van der Waals surface area contributed by atoms with Crippen molar-refractivity contribution in [1.82, 2.24) is 10.1 Å². The third-order valence-corrected chi connectivity index (χ3v) is 3.98. The second kappa shape index (κ2) is 7.27. The van der Waals surface area contributed by atoms with Crippen LogP contribution in [0.3, 0.4) is 0 Å². The van der Waals surface area contributed by atoms with Crippen LogP contribution >= 0.6 is 11.6 Å². The van der Waals surface area contributed by atoms with Gasteiger partial charge >= 0.3 is 0 Å². The van der Waals surface area contributed by atoms with Gasteiger partial charge in [-0.3, -0.25) is 4.79 Å². The van der Waals surface area contributed by atoms with Gasteiger partial charge in [-0.1, -0.05) is 53.2 Å². The van der Waals surface area contributed by atoms with Gasteiger partial charge in [0.2, 0.25) is 17.6 Å². The molecule has 3 rings (SSSR count). The predicted octanol–water partition coefficient (Wildman–Crippen LogP) is 3.66. The quantitative estimate of drug-likeness (QED) is 0.741. The summed E-state index contributed by atoms with van der Waals surface area (Å²) in [6.45, 7) is 0. The number of amides is 1. The van der Waals surface area contributed by atoms with Gasteiger partial charge in [0.25, 0.3) is 0 Å². The molecule has 122 valence electrons. The van der Waals surface area contributed by atoms with Crippen molar-refractivity contribution in [3.8, 4) is 11.4 Å². The summed E-state index contributed by atoms with van der Waals surface area (Å²) in [5.41, 5.74) is 7.34. The molecule has 0 unspecified atom stereocenters. The van der Waals surface area contributed by atoms with E-state index in [9.17, 15) is 4.79 Å². The van der Waals surface area contributed by atoms with E-state index in [4.69, 9.17) is 21.9 Å². The first-order valence-corrected chi connectivity index (χ1v) is 7.98. The lowest BCUT2D eigenvalue weighted by Crippen LogP contribution is -2.12. The van der Waals surface area contributed by atoms with E-state index in [0.717, 1.165) is 12.8 Å². The third-order valence-electron chi connectivity index (χ3n) is 3.67. The molecule has 0 saturated heterocycles. The number of benzene rings is 2. The van der Waals surface area contributed by atoms with E-state index in [0.29, 0.717) is 22.9 Å². The Balaban J connectivity index is 1.73. The summed E-state index contributed by atoms with van der Waals surface area (Å²) in [5.74, 6) is 0.211. The number of nitrogens with two attached hydrogens (primary N) is 1. The Hall–Kier alpha value is -2.66. The highest BCUT2D eigenvalue weighted by Gasteiger charge is 2.18. The van der Waals surface area contributed by atoms with Crippen molar-refractivity contribution in [1.29, 1.82) is 0 Å². The maximum absolute atomic E-state index is 11.6. The molecular formula is C18H16ClN3O2. The third kappa shape index (κ3) is 3.63. The SMILES string of the molecule is NC(=O)c1cccc(Cl)c1-c1noc(CCCc2ccccc2)n1. The van der Waals surface area contributed by atoms with Crippen molar-refractivity contribution < 1.29 is 9.32 Å². The molecule has 2 aromatic carbocycles. The van der Waals surface area contributed by atoms with E-state index in [1.54, 1.807) is 18.2 Å². The zero-order chi connectivity index (χ0) is 16.9. The largest absolute Gasteiger partial charge is 0.366 e. The van der Waals surface area contributed by atoms with Gasteiger partial charge in [0.1, 0.15) is 0 Å². The average Bonchev–Trinajstić information content (AvgIpc) is 3.04. The van der Waals surface area contributed by atoms with Gasteiger partial charge in [-0.25, -0.2) is 0 Å². The Bertz CT molecular complexity index is 846. The van der Waals surface area contributed by atoms with Crippen molar-refractivity contribution in [3.63, 3.8) is 0 Å². The van der Waals surface area contributed by atoms with Crippen LogP contribution in [0.4, 0.5) is 0 Å². The number of nitrogens with zero attached hydrogens (tertiary/aromatic N) is 2. The van der Waals surface area contributed by atoms with Crippen molar-refractivity contribution in [2.45, 2.75) is 19.3 Å². The van der Waals surface area contributed by atoms with Crippen molar-refractivity contribution >= 4 is 17.5 Å². The second-order valence-electron chi connectivity index (χ2n) is 5.38. The first-order valence-electron chi connectivity index (χ1n) is 7.60. The molecule has 1 aromatic heterocycles. The number of halogens is 1. The Morgan fingerprint density at radius 1 is 1.08 bits per heavy atom. The number of aryl methyl sites for hydroxylation is 2. The lowest BCUT2D eigenvalue weighted by molar-refractivity contribution is 0.100. The highest BCUT2D eigenvalue weighted by Crippen LogP contribution is 2.29. The summed E-state index contributed by atoms with van der Waals surface area (Å²) in [7, 11) is 0. The van der Waals surface area contributed by atoms with Crippen molar-refractivity contribution in [2.75, 3.05) is 0 Å². The molecule has 1 heterocycles. The average molecular weight is 342 g/mol. The van der Waals surface area contributed by atoms with Gasteiger partial charge in [0.05, 0.1) is 16.1 Å². The van der Waals surface area contributed by atoms with Crippen LogP contribution in [-0.2, 0) is 12.8 Å². The Labute approximate surface area is 144 Å². The highest BCUT2D eigenvalue weighted by atomic mass is 35.5. The number of hydrogen-bond acceptors (Lipinski definition) is 4. The van der Waals surface area contributed by atoms with Crippen LogP contribution in [0.5, 0.6) is 0 Å². The molecule has 0 fully saturated rings. The molecule has 0 aliphatic heterocycles. The normalized spacial score (nSPS) is 10.7. The smallest absolute Gasteiger partial charge is 0.249 e. The van der Waals surface area contributed by atoms with E-state index in [-0.39, 0.29) is 11.4 Å². The van der Waals surface area contributed by atoms with Gasteiger partial charge in [-0.15, -0.1) is 0 Å². The zero-order valence-corrected chi connectivity index (χ0v) is 13.7. The minimum atomic E-state index is -0.581. The Kier molecular flexibility index (Phi) is 4.91. The van der Waals surface area contributed by atoms with Crippen LogP contribution in [0.25, 0.3) is 11.4 Å². The summed E-state index contributed by atoms with van der Waals surface area (Å²) in [6.07, 6.45) is 2.46. The van der Waals surface area contributed by atoms with Gasteiger partial charge in [0.15, 0.2) is 0 Å². The van der Waals surface area contributed by atoms with Crippen LogP contribution < -0.4 is 5.73 Å². The first kappa shape index (κ1) is 16.2. The van der Waals surface area contributed by atoms with E-state index in [1.807, 2.05) is 18.2 Å². The molecule has 0 aliphatic rings. The molecule has 2 N–H and O–H groups in total. The van der Waals surface area contributed by atoms with E-state index < -0.39 is 5.91 Å². The summed E-state index contributed by atoms with van der Waals surface area (Å²) in [5, 5.41) is 4.30. The molecule has 5 nitrogen and oxygen atoms in total. The van der Waals surface area contributed by atoms with E-state index in [1.165, 1.54) is 5.56 Å². The van der Waals surface area contributed by atoms with E-state index in [2.05, 4.69) is 22.3 Å². The molecule has 6 heteroatoms. The minimum absolute atomic E-state index is 0.277. The molecule has 24 heavy (non-hydrogen) atoms. The van der Waals surface area contributed by atoms with Gasteiger partial charge in [0, 0.05) is 6.42 Å². The van der Waals surface area contributed by atoms with Gasteiger partial charge in [-0.2, -0.15) is 4.98 Å². The summed E-state index contributed by atoms with van der Waals surface area (Å²) >= 11 is 6.17. The zero-order valence-electron chi connectivity index (χ0n) is 12.9. The van der Waals surface area contributed by atoms with Crippen LogP contribution in [0.15, 0.2) is 53.1 Å². The number of carbonyl (C=O) groups is 1. The van der Waals surface area contributed by atoms with Crippen LogP contribution in [0.2, 0.25) is 5.02 Å². The molecule has 0 radical (unpaired) electrons. The molecule has 0 spiro atoms. The Morgan fingerprint density at radius 2 is 1.88 bits per heavy atom. The maximum atomic E-state index is 11.6. The lowest BCUT2D eigenvalue weighted by atomic mass is 10.1. The molecular weight excluding hydrogens is 326 g/mol. The van der Waals surface area contributed by atoms with Crippen LogP contribution in [0, 0.1) is 0 Å². The number of hydrogen-bond donors (Lipinski definition) is 1. The number of aromatic nitrogens is 2. The Morgan fingerprint density at radius 3 is 2.62 bits per heavy atom. The number of carbonyl (C=O) groups excluding carboxylic acids is 1. The number of primary amides is 1. The summed E-state index contributed by atoms with van der Waals surface area (Å²) in [6, 6.07) is 15.1. The van der Waals surface area contributed by atoms with Gasteiger partial charge in [-0.05, 0) is 30.5 Å². The first-order chi connectivity index (χ1) is 11.6. The van der Waals surface area contributed by atoms with Crippen LogP contribution in [-0.4, -0.2) is 16.0 Å². The fourth-order valence-corrected chi connectivity index (χ4v) is 2.76. The van der Waals surface area contributed by atoms with Gasteiger partial charge < -0.3 is 10.3 Å².